The molecule has 2 nitrogen and oxygen atoms in total. The van der Waals surface area contributed by atoms with Gasteiger partial charge in [0.15, 0.2) is 0 Å². The lowest BCUT2D eigenvalue weighted by atomic mass is 10.1. The first-order valence-electron chi connectivity index (χ1n) is 4.42. The zero-order valence-corrected chi connectivity index (χ0v) is 7.62. The van der Waals surface area contributed by atoms with Gasteiger partial charge in [0.25, 0.3) is 0 Å². The summed E-state index contributed by atoms with van der Waals surface area (Å²) in [6.45, 7) is 0. The molecule has 0 atom stereocenters. The first-order valence-corrected chi connectivity index (χ1v) is 4.42. The third-order valence-electron chi connectivity index (χ3n) is 2.64. The summed E-state index contributed by atoms with van der Waals surface area (Å²) in [7, 11) is 1.72. The average Bonchev–Trinajstić information content (AvgIpc) is 2.99. The molecule has 1 saturated carbocycles. The van der Waals surface area contributed by atoms with Gasteiger partial charge in [0.1, 0.15) is 6.29 Å². The maximum Gasteiger partial charge on any atom is 0.150 e. The van der Waals surface area contributed by atoms with Crippen molar-refractivity contribution in [3.63, 3.8) is 0 Å². The van der Waals surface area contributed by atoms with Gasteiger partial charge in [-0.1, -0.05) is 18.2 Å². The Balaban J connectivity index is 2.35. The molecule has 0 N–H and O–H groups in total. The van der Waals surface area contributed by atoms with Gasteiger partial charge in [-0.15, -0.1) is 0 Å². The van der Waals surface area contributed by atoms with Crippen LogP contribution in [-0.4, -0.2) is 13.4 Å². The highest BCUT2D eigenvalue weighted by Gasteiger charge is 2.44. The van der Waals surface area contributed by atoms with Gasteiger partial charge in [0, 0.05) is 12.7 Å². The fraction of sp³-hybridized carbons (Fsp3) is 0.364. The summed E-state index contributed by atoms with van der Waals surface area (Å²) < 4.78 is 5.42. The summed E-state index contributed by atoms with van der Waals surface area (Å²) in [6, 6.07) is 7.63. The molecule has 68 valence electrons. The van der Waals surface area contributed by atoms with Crippen LogP contribution in [0.4, 0.5) is 0 Å². The highest BCUT2D eigenvalue weighted by molar-refractivity contribution is 5.75. The van der Waals surface area contributed by atoms with Gasteiger partial charge in [-0.2, -0.15) is 0 Å². The lowest BCUT2D eigenvalue weighted by molar-refractivity contribution is 0.0788. The van der Waals surface area contributed by atoms with E-state index in [1.807, 2.05) is 24.3 Å². The molecule has 0 aliphatic heterocycles. The van der Waals surface area contributed by atoms with E-state index in [2.05, 4.69) is 0 Å². The molecule has 1 aromatic carbocycles. The topological polar surface area (TPSA) is 26.3 Å². The highest BCUT2D eigenvalue weighted by Crippen LogP contribution is 2.48. The van der Waals surface area contributed by atoms with Crippen LogP contribution >= 0.6 is 0 Å². The van der Waals surface area contributed by atoms with E-state index in [0.717, 1.165) is 30.3 Å². The molecule has 0 saturated heterocycles. The second-order valence-electron chi connectivity index (χ2n) is 3.44. The largest absolute Gasteiger partial charge is 0.374 e. The van der Waals surface area contributed by atoms with Crippen molar-refractivity contribution in [3.05, 3.63) is 35.4 Å². The van der Waals surface area contributed by atoms with E-state index >= 15 is 0 Å². The van der Waals surface area contributed by atoms with E-state index in [1.165, 1.54) is 0 Å². The van der Waals surface area contributed by atoms with E-state index in [-0.39, 0.29) is 5.60 Å². The van der Waals surface area contributed by atoms with Crippen molar-refractivity contribution in [1.82, 2.24) is 0 Å². The maximum atomic E-state index is 10.6. The molecule has 0 amide bonds. The maximum absolute atomic E-state index is 10.6. The van der Waals surface area contributed by atoms with Gasteiger partial charge >= 0.3 is 0 Å². The SMILES string of the molecule is COC1(c2cccc(C=O)c2)CC1. The summed E-state index contributed by atoms with van der Waals surface area (Å²) >= 11 is 0. The number of ether oxygens (including phenoxy) is 1. The zero-order chi connectivity index (χ0) is 9.31. The van der Waals surface area contributed by atoms with Gasteiger partial charge in [0.05, 0.1) is 5.60 Å². The summed E-state index contributed by atoms with van der Waals surface area (Å²) in [6.07, 6.45) is 2.99. The number of carbonyl (C=O) groups excluding carboxylic acids is 1. The number of carbonyl (C=O) groups is 1. The smallest absolute Gasteiger partial charge is 0.150 e. The van der Waals surface area contributed by atoms with Crippen LogP contribution in [0.15, 0.2) is 24.3 Å². The lowest BCUT2D eigenvalue weighted by Crippen LogP contribution is -2.08. The van der Waals surface area contributed by atoms with Crippen LogP contribution in [0.2, 0.25) is 0 Å². The van der Waals surface area contributed by atoms with E-state index < -0.39 is 0 Å². The van der Waals surface area contributed by atoms with Crippen LogP contribution in [0, 0.1) is 0 Å². The minimum atomic E-state index is -0.0843. The Kier molecular flexibility index (Phi) is 1.93. The Labute approximate surface area is 77.5 Å². The van der Waals surface area contributed by atoms with Crippen LogP contribution in [0.5, 0.6) is 0 Å². The number of rotatable bonds is 3. The molecular formula is C11H12O2. The fourth-order valence-electron chi connectivity index (χ4n) is 1.62. The monoisotopic (exact) mass is 176 g/mol. The zero-order valence-electron chi connectivity index (χ0n) is 7.62. The van der Waals surface area contributed by atoms with E-state index in [9.17, 15) is 4.79 Å². The van der Waals surface area contributed by atoms with Gasteiger partial charge in [0.2, 0.25) is 0 Å². The molecule has 1 fully saturated rings. The Morgan fingerprint density at radius 3 is 2.77 bits per heavy atom. The van der Waals surface area contributed by atoms with Crippen molar-refractivity contribution in [2.24, 2.45) is 0 Å². The molecule has 1 aliphatic rings. The van der Waals surface area contributed by atoms with E-state index in [4.69, 9.17) is 4.74 Å². The normalized spacial score (nSPS) is 18.2. The van der Waals surface area contributed by atoms with Crippen LogP contribution in [0.3, 0.4) is 0 Å². The number of aldehydes is 1. The predicted octanol–water partition coefficient (Wildman–Crippen LogP) is 2.13. The highest BCUT2D eigenvalue weighted by atomic mass is 16.5. The number of hydrogen-bond donors (Lipinski definition) is 0. The number of methoxy groups -OCH3 is 1. The van der Waals surface area contributed by atoms with Crippen molar-refractivity contribution < 1.29 is 9.53 Å². The van der Waals surface area contributed by atoms with Crippen LogP contribution in [0.25, 0.3) is 0 Å². The standard InChI is InChI=1S/C11H12O2/c1-13-11(5-6-11)10-4-2-3-9(7-10)8-12/h2-4,7-8H,5-6H2,1H3. The van der Waals surface area contributed by atoms with Crippen molar-refractivity contribution in [2.75, 3.05) is 7.11 Å². The van der Waals surface area contributed by atoms with Gasteiger partial charge in [-0.3, -0.25) is 4.79 Å². The summed E-state index contributed by atoms with van der Waals surface area (Å²) in [5.41, 5.74) is 1.76. The van der Waals surface area contributed by atoms with E-state index in [1.54, 1.807) is 7.11 Å². The third-order valence-corrected chi connectivity index (χ3v) is 2.64. The molecule has 13 heavy (non-hydrogen) atoms. The Morgan fingerprint density at radius 1 is 1.46 bits per heavy atom. The van der Waals surface area contributed by atoms with Crippen LogP contribution in [0.1, 0.15) is 28.8 Å². The van der Waals surface area contributed by atoms with Crippen molar-refractivity contribution in [3.8, 4) is 0 Å². The average molecular weight is 176 g/mol. The Bertz CT molecular complexity index is 327. The Morgan fingerprint density at radius 2 is 2.23 bits per heavy atom. The summed E-state index contributed by atoms with van der Waals surface area (Å²) in [4.78, 5) is 10.6. The first-order chi connectivity index (χ1) is 6.30. The predicted molar refractivity (Wildman–Crippen MR) is 49.8 cm³/mol. The molecule has 0 bridgehead atoms. The van der Waals surface area contributed by atoms with Crippen LogP contribution < -0.4 is 0 Å². The molecule has 0 heterocycles. The molecule has 1 aliphatic carbocycles. The van der Waals surface area contributed by atoms with Crippen LogP contribution in [-0.2, 0) is 10.3 Å². The third kappa shape index (κ3) is 1.38. The molecular weight excluding hydrogens is 164 g/mol. The molecule has 2 heteroatoms. The van der Waals surface area contributed by atoms with Crippen molar-refractivity contribution in [2.45, 2.75) is 18.4 Å². The number of hydrogen-bond acceptors (Lipinski definition) is 2. The van der Waals surface area contributed by atoms with Crippen molar-refractivity contribution in [1.29, 1.82) is 0 Å². The molecule has 0 spiro atoms. The quantitative estimate of drug-likeness (QED) is 0.659. The van der Waals surface area contributed by atoms with Gasteiger partial charge in [-0.05, 0) is 24.5 Å². The molecule has 1 aromatic rings. The minimum Gasteiger partial charge on any atom is -0.374 e. The molecule has 2 rings (SSSR count). The fourth-order valence-corrected chi connectivity index (χ4v) is 1.62. The van der Waals surface area contributed by atoms with Gasteiger partial charge in [-0.25, -0.2) is 0 Å². The minimum absolute atomic E-state index is 0.0843. The summed E-state index contributed by atoms with van der Waals surface area (Å²) in [5.74, 6) is 0. The lowest BCUT2D eigenvalue weighted by Gasteiger charge is -2.13. The number of benzene rings is 1. The van der Waals surface area contributed by atoms with E-state index in [0.29, 0.717) is 0 Å². The molecule has 0 radical (unpaired) electrons. The Hall–Kier alpha value is -1.15. The van der Waals surface area contributed by atoms with Gasteiger partial charge < -0.3 is 4.74 Å². The summed E-state index contributed by atoms with van der Waals surface area (Å²) in [5, 5.41) is 0. The second kappa shape index (κ2) is 2.96. The molecule has 0 unspecified atom stereocenters. The first kappa shape index (κ1) is 8.45. The second-order valence-corrected chi connectivity index (χ2v) is 3.44. The van der Waals surface area contributed by atoms with Crippen molar-refractivity contribution >= 4 is 6.29 Å². The molecule has 0 aromatic heterocycles.